The molecule has 110 valence electrons. The molecule has 1 saturated carbocycles. The maximum atomic E-state index is 11.5. The Bertz CT molecular complexity index is 482. The highest BCUT2D eigenvalue weighted by atomic mass is 16.5. The van der Waals surface area contributed by atoms with Crippen LogP contribution >= 0.6 is 0 Å². The smallest absolute Gasteiger partial charge is 0.341 e. The Labute approximate surface area is 119 Å². The van der Waals surface area contributed by atoms with E-state index in [0.717, 1.165) is 24.1 Å². The van der Waals surface area contributed by atoms with E-state index in [2.05, 4.69) is 10.2 Å². The molecule has 0 unspecified atom stereocenters. The highest BCUT2D eigenvalue weighted by Gasteiger charge is 2.23. The first kappa shape index (κ1) is 14.8. The van der Waals surface area contributed by atoms with Gasteiger partial charge in [-0.15, -0.1) is 5.10 Å². The van der Waals surface area contributed by atoms with Gasteiger partial charge in [0.25, 0.3) is 0 Å². The molecule has 1 aromatic rings. The standard InChI is InChI=1S/C15H22N2O3/c1-3-11-12(4-2)16-17-14(13(11)15(18)19)20-9-10-7-5-6-8-10/h10H,3-9H2,1-2H3,(H,18,19). The molecular formula is C15H22N2O3. The molecule has 1 N–H and O–H groups in total. The Morgan fingerprint density at radius 2 is 1.95 bits per heavy atom. The number of hydrogen-bond donors (Lipinski definition) is 1. The number of rotatable bonds is 6. The monoisotopic (exact) mass is 278 g/mol. The van der Waals surface area contributed by atoms with Gasteiger partial charge in [0.1, 0.15) is 5.56 Å². The lowest BCUT2D eigenvalue weighted by Gasteiger charge is -2.15. The fourth-order valence-corrected chi connectivity index (χ4v) is 2.85. The van der Waals surface area contributed by atoms with Gasteiger partial charge in [-0.05, 0) is 37.2 Å². The minimum Gasteiger partial charge on any atom is -0.477 e. The summed E-state index contributed by atoms with van der Waals surface area (Å²) in [5.41, 5.74) is 1.69. The Hall–Kier alpha value is -1.65. The van der Waals surface area contributed by atoms with Gasteiger partial charge in [-0.1, -0.05) is 26.7 Å². The molecule has 20 heavy (non-hydrogen) atoms. The second-order valence-electron chi connectivity index (χ2n) is 5.28. The molecule has 1 aromatic heterocycles. The van der Waals surface area contributed by atoms with E-state index in [9.17, 15) is 9.90 Å². The number of carbonyl (C=O) groups is 1. The minimum atomic E-state index is -0.979. The zero-order valence-electron chi connectivity index (χ0n) is 12.2. The van der Waals surface area contributed by atoms with Crippen molar-refractivity contribution in [1.29, 1.82) is 0 Å². The van der Waals surface area contributed by atoms with Crippen molar-refractivity contribution in [2.24, 2.45) is 5.92 Å². The molecule has 0 atom stereocenters. The first-order chi connectivity index (χ1) is 9.67. The maximum absolute atomic E-state index is 11.5. The molecule has 0 spiro atoms. The van der Waals surface area contributed by atoms with Gasteiger partial charge in [-0.25, -0.2) is 4.79 Å². The van der Waals surface area contributed by atoms with Crippen LogP contribution in [-0.4, -0.2) is 27.9 Å². The summed E-state index contributed by atoms with van der Waals surface area (Å²) in [4.78, 5) is 11.5. The normalized spacial score (nSPS) is 15.5. The predicted octanol–water partition coefficient (Wildman–Crippen LogP) is 2.87. The molecule has 0 amide bonds. The van der Waals surface area contributed by atoms with Crippen LogP contribution in [0.3, 0.4) is 0 Å². The molecule has 0 saturated heterocycles. The summed E-state index contributed by atoms with van der Waals surface area (Å²) in [6.07, 6.45) is 6.09. The number of ether oxygens (including phenoxy) is 1. The number of aromatic nitrogens is 2. The summed E-state index contributed by atoms with van der Waals surface area (Å²) in [5.74, 6) is -0.277. The van der Waals surface area contributed by atoms with Crippen LogP contribution in [0.15, 0.2) is 0 Å². The van der Waals surface area contributed by atoms with E-state index in [0.29, 0.717) is 25.4 Å². The van der Waals surface area contributed by atoms with Gasteiger partial charge in [0.15, 0.2) is 0 Å². The first-order valence-corrected chi connectivity index (χ1v) is 7.41. The third-order valence-electron chi connectivity index (χ3n) is 3.96. The van der Waals surface area contributed by atoms with Crippen LogP contribution in [0.2, 0.25) is 0 Å². The van der Waals surface area contributed by atoms with Crippen LogP contribution in [0, 0.1) is 5.92 Å². The molecule has 5 heteroatoms. The van der Waals surface area contributed by atoms with Gasteiger partial charge in [0.2, 0.25) is 5.88 Å². The molecule has 5 nitrogen and oxygen atoms in total. The first-order valence-electron chi connectivity index (χ1n) is 7.41. The van der Waals surface area contributed by atoms with E-state index in [1.54, 1.807) is 0 Å². The van der Waals surface area contributed by atoms with Crippen LogP contribution < -0.4 is 4.74 Å². The largest absolute Gasteiger partial charge is 0.477 e. The van der Waals surface area contributed by atoms with E-state index in [-0.39, 0.29) is 11.4 Å². The number of carboxylic acids is 1. The van der Waals surface area contributed by atoms with Crippen LogP contribution in [0.25, 0.3) is 0 Å². The Morgan fingerprint density at radius 1 is 1.25 bits per heavy atom. The van der Waals surface area contributed by atoms with Gasteiger partial charge in [-0.3, -0.25) is 0 Å². The van der Waals surface area contributed by atoms with Gasteiger partial charge >= 0.3 is 5.97 Å². The topological polar surface area (TPSA) is 72.3 Å². The van der Waals surface area contributed by atoms with Crippen LogP contribution in [0.1, 0.15) is 61.1 Å². The number of aromatic carboxylic acids is 1. The Balaban J connectivity index is 2.24. The van der Waals surface area contributed by atoms with Crippen LogP contribution in [0.5, 0.6) is 5.88 Å². The Morgan fingerprint density at radius 3 is 2.50 bits per heavy atom. The number of aryl methyl sites for hydroxylation is 1. The van der Waals surface area contributed by atoms with E-state index in [1.807, 2.05) is 13.8 Å². The van der Waals surface area contributed by atoms with Crippen molar-refractivity contribution in [3.63, 3.8) is 0 Å². The highest BCUT2D eigenvalue weighted by molar-refractivity contribution is 5.92. The molecule has 0 aliphatic heterocycles. The zero-order chi connectivity index (χ0) is 14.5. The summed E-state index contributed by atoms with van der Waals surface area (Å²) in [6.45, 7) is 4.43. The van der Waals surface area contributed by atoms with Crippen LogP contribution in [0.4, 0.5) is 0 Å². The second-order valence-corrected chi connectivity index (χ2v) is 5.28. The van der Waals surface area contributed by atoms with E-state index < -0.39 is 5.97 Å². The van der Waals surface area contributed by atoms with Crippen molar-refractivity contribution in [3.8, 4) is 5.88 Å². The van der Waals surface area contributed by atoms with E-state index in [4.69, 9.17) is 4.74 Å². The number of nitrogens with zero attached hydrogens (tertiary/aromatic N) is 2. The fraction of sp³-hybridized carbons (Fsp3) is 0.667. The summed E-state index contributed by atoms with van der Waals surface area (Å²) in [5, 5.41) is 17.5. The summed E-state index contributed by atoms with van der Waals surface area (Å²) >= 11 is 0. The summed E-state index contributed by atoms with van der Waals surface area (Å²) in [7, 11) is 0. The van der Waals surface area contributed by atoms with Crippen LogP contribution in [-0.2, 0) is 12.8 Å². The summed E-state index contributed by atoms with van der Waals surface area (Å²) in [6, 6.07) is 0. The molecule has 0 bridgehead atoms. The van der Waals surface area contributed by atoms with Gasteiger partial charge in [0.05, 0.1) is 12.3 Å². The molecule has 0 aromatic carbocycles. The third kappa shape index (κ3) is 3.08. The van der Waals surface area contributed by atoms with Gasteiger partial charge in [-0.2, -0.15) is 5.10 Å². The van der Waals surface area contributed by atoms with Gasteiger partial charge < -0.3 is 9.84 Å². The molecule has 1 heterocycles. The lowest BCUT2D eigenvalue weighted by atomic mass is 10.0. The average molecular weight is 278 g/mol. The summed E-state index contributed by atoms with van der Waals surface area (Å²) < 4.78 is 5.67. The molecule has 1 aliphatic rings. The molecule has 0 radical (unpaired) electrons. The molecule has 1 fully saturated rings. The molecule has 2 rings (SSSR count). The maximum Gasteiger partial charge on any atom is 0.341 e. The van der Waals surface area contributed by atoms with Crippen molar-refractivity contribution in [2.75, 3.05) is 6.61 Å². The van der Waals surface area contributed by atoms with Crippen molar-refractivity contribution in [2.45, 2.75) is 52.4 Å². The second kappa shape index (κ2) is 6.68. The number of carboxylic acid groups (broad SMARTS) is 1. The third-order valence-corrected chi connectivity index (χ3v) is 3.96. The zero-order valence-corrected chi connectivity index (χ0v) is 12.2. The van der Waals surface area contributed by atoms with E-state index in [1.165, 1.54) is 12.8 Å². The SMILES string of the molecule is CCc1nnc(OCC2CCCC2)c(C(=O)O)c1CC. The van der Waals surface area contributed by atoms with Crippen molar-refractivity contribution < 1.29 is 14.6 Å². The number of hydrogen-bond acceptors (Lipinski definition) is 4. The Kier molecular flexibility index (Phi) is 4.93. The predicted molar refractivity (Wildman–Crippen MR) is 75.2 cm³/mol. The van der Waals surface area contributed by atoms with Gasteiger partial charge in [0, 0.05) is 0 Å². The quantitative estimate of drug-likeness (QED) is 0.866. The average Bonchev–Trinajstić information content (AvgIpc) is 2.96. The van der Waals surface area contributed by atoms with Crippen molar-refractivity contribution in [3.05, 3.63) is 16.8 Å². The minimum absolute atomic E-state index is 0.179. The highest BCUT2D eigenvalue weighted by Crippen LogP contribution is 2.27. The fourth-order valence-electron chi connectivity index (χ4n) is 2.85. The lowest BCUT2D eigenvalue weighted by Crippen LogP contribution is -2.16. The molecule has 1 aliphatic carbocycles. The molecular weight excluding hydrogens is 256 g/mol. The lowest BCUT2D eigenvalue weighted by molar-refractivity contribution is 0.0688. The van der Waals surface area contributed by atoms with Crippen molar-refractivity contribution in [1.82, 2.24) is 10.2 Å². The van der Waals surface area contributed by atoms with Crippen molar-refractivity contribution >= 4 is 5.97 Å². The van der Waals surface area contributed by atoms with E-state index >= 15 is 0 Å².